The molecule has 0 amide bonds. The smallest absolute Gasteiger partial charge is 0.154 e. The van der Waals surface area contributed by atoms with E-state index in [0.29, 0.717) is 6.54 Å². The number of benzene rings is 1. The summed E-state index contributed by atoms with van der Waals surface area (Å²) >= 11 is 1.68. The molecular weight excluding hydrogens is 280 g/mol. The van der Waals surface area contributed by atoms with E-state index in [-0.39, 0.29) is 0 Å². The van der Waals surface area contributed by atoms with Gasteiger partial charge in [-0.1, -0.05) is 12.1 Å². The molecule has 0 unspecified atom stereocenters. The Hall–Kier alpha value is -1.98. The highest BCUT2D eigenvalue weighted by atomic mass is 32.1. The second-order valence-corrected chi connectivity index (χ2v) is 5.88. The zero-order valence-corrected chi connectivity index (χ0v) is 12.8. The van der Waals surface area contributed by atoms with E-state index < -0.39 is 0 Å². The number of anilines is 2. The number of rotatable bonds is 5. The molecule has 3 rings (SSSR count). The molecule has 0 aliphatic carbocycles. The van der Waals surface area contributed by atoms with E-state index in [4.69, 9.17) is 5.73 Å². The maximum atomic E-state index is 5.70. The molecule has 5 heteroatoms. The van der Waals surface area contributed by atoms with Crippen molar-refractivity contribution in [1.82, 2.24) is 9.97 Å². The van der Waals surface area contributed by atoms with E-state index in [1.54, 1.807) is 17.7 Å². The van der Waals surface area contributed by atoms with Crippen molar-refractivity contribution in [2.45, 2.75) is 13.3 Å². The highest BCUT2D eigenvalue weighted by molar-refractivity contribution is 7.17. The lowest BCUT2D eigenvalue weighted by atomic mass is 10.2. The highest BCUT2D eigenvalue weighted by Crippen LogP contribution is 2.32. The minimum absolute atomic E-state index is 0.668. The van der Waals surface area contributed by atoms with Crippen LogP contribution in [0.1, 0.15) is 12.0 Å². The molecule has 3 aromatic rings. The number of aromatic nitrogens is 2. The van der Waals surface area contributed by atoms with E-state index in [2.05, 4.69) is 51.4 Å². The summed E-state index contributed by atoms with van der Waals surface area (Å²) in [5, 5.41) is 2.06. The van der Waals surface area contributed by atoms with Crippen LogP contribution in [-0.2, 0) is 0 Å². The van der Waals surface area contributed by atoms with Gasteiger partial charge in [-0.2, -0.15) is 0 Å². The molecular formula is C16H18N4S. The van der Waals surface area contributed by atoms with Gasteiger partial charge in [0.05, 0.1) is 10.2 Å². The van der Waals surface area contributed by atoms with Gasteiger partial charge in [0.2, 0.25) is 0 Å². The number of thiophene rings is 1. The second kappa shape index (κ2) is 6.20. The molecule has 0 spiro atoms. The molecule has 0 aliphatic heterocycles. The van der Waals surface area contributed by atoms with Gasteiger partial charge < -0.3 is 10.6 Å². The Morgan fingerprint density at radius 1 is 1.24 bits per heavy atom. The van der Waals surface area contributed by atoms with Crippen molar-refractivity contribution < 1.29 is 0 Å². The number of hydrogen-bond donors (Lipinski definition) is 1. The van der Waals surface area contributed by atoms with Crippen molar-refractivity contribution in [3.63, 3.8) is 0 Å². The van der Waals surface area contributed by atoms with Crippen LogP contribution in [0.4, 0.5) is 11.5 Å². The standard InChI is InChI=1S/C16H18N4S/c1-12-4-2-5-13(10-12)20(8-3-7-17)16-15-14(6-9-21-15)18-11-19-16/h2,4-6,9-11H,3,7-8,17H2,1H3. The van der Waals surface area contributed by atoms with Crippen LogP contribution in [-0.4, -0.2) is 23.1 Å². The lowest BCUT2D eigenvalue weighted by molar-refractivity contribution is 0.811. The summed E-state index contributed by atoms with van der Waals surface area (Å²) in [6.07, 6.45) is 2.56. The molecule has 0 fully saturated rings. The van der Waals surface area contributed by atoms with Crippen LogP contribution < -0.4 is 10.6 Å². The Kier molecular flexibility index (Phi) is 4.13. The van der Waals surface area contributed by atoms with Gasteiger partial charge in [-0.15, -0.1) is 11.3 Å². The van der Waals surface area contributed by atoms with Crippen LogP contribution in [0.2, 0.25) is 0 Å². The van der Waals surface area contributed by atoms with Crippen LogP contribution in [0.25, 0.3) is 10.2 Å². The normalized spacial score (nSPS) is 11.0. The number of nitrogens with two attached hydrogens (primary N) is 1. The van der Waals surface area contributed by atoms with Crippen LogP contribution >= 0.6 is 11.3 Å². The van der Waals surface area contributed by atoms with Gasteiger partial charge >= 0.3 is 0 Å². The van der Waals surface area contributed by atoms with Crippen molar-refractivity contribution >= 4 is 33.1 Å². The first-order valence-electron chi connectivity index (χ1n) is 7.02. The fourth-order valence-corrected chi connectivity index (χ4v) is 3.21. The third-order valence-electron chi connectivity index (χ3n) is 3.38. The lowest BCUT2D eigenvalue weighted by Crippen LogP contribution is -2.22. The van der Waals surface area contributed by atoms with Crippen LogP contribution in [0.15, 0.2) is 42.0 Å². The summed E-state index contributed by atoms with van der Waals surface area (Å²) < 4.78 is 1.12. The molecule has 0 bridgehead atoms. The predicted molar refractivity (Wildman–Crippen MR) is 89.3 cm³/mol. The Bertz CT molecular complexity index is 738. The van der Waals surface area contributed by atoms with Gasteiger partial charge in [-0.3, -0.25) is 0 Å². The molecule has 0 saturated heterocycles. The SMILES string of the molecule is Cc1cccc(N(CCCN)c2ncnc3ccsc23)c1. The van der Waals surface area contributed by atoms with Crippen LogP contribution in [0.3, 0.4) is 0 Å². The third-order valence-corrected chi connectivity index (χ3v) is 4.28. The van der Waals surface area contributed by atoms with E-state index in [1.165, 1.54) is 5.56 Å². The van der Waals surface area contributed by atoms with Crippen molar-refractivity contribution in [1.29, 1.82) is 0 Å². The average Bonchev–Trinajstić information content (AvgIpc) is 2.97. The lowest BCUT2D eigenvalue weighted by Gasteiger charge is -2.24. The summed E-state index contributed by atoms with van der Waals surface area (Å²) in [5.74, 6) is 0.967. The third kappa shape index (κ3) is 2.89. The maximum absolute atomic E-state index is 5.70. The highest BCUT2D eigenvalue weighted by Gasteiger charge is 2.15. The summed E-state index contributed by atoms with van der Waals surface area (Å²) in [6, 6.07) is 10.5. The molecule has 1 aromatic carbocycles. The van der Waals surface area contributed by atoms with Gasteiger partial charge in [0.1, 0.15) is 6.33 Å². The average molecular weight is 298 g/mol. The van der Waals surface area contributed by atoms with E-state index in [9.17, 15) is 0 Å². The fourth-order valence-electron chi connectivity index (χ4n) is 2.37. The Labute approximate surface area is 128 Å². The molecule has 108 valence electrons. The molecule has 2 N–H and O–H groups in total. The first-order chi connectivity index (χ1) is 10.3. The summed E-state index contributed by atoms with van der Waals surface area (Å²) in [6.45, 7) is 3.62. The molecule has 0 saturated carbocycles. The maximum Gasteiger partial charge on any atom is 0.154 e. The quantitative estimate of drug-likeness (QED) is 0.783. The van der Waals surface area contributed by atoms with Gasteiger partial charge in [0, 0.05) is 12.2 Å². The van der Waals surface area contributed by atoms with Gasteiger partial charge in [0.15, 0.2) is 5.82 Å². The number of fused-ring (bicyclic) bond motifs is 1. The molecule has 2 heterocycles. The van der Waals surface area contributed by atoms with Gasteiger partial charge in [-0.25, -0.2) is 9.97 Å². The first-order valence-corrected chi connectivity index (χ1v) is 7.90. The Morgan fingerprint density at radius 3 is 2.95 bits per heavy atom. The van der Waals surface area contributed by atoms with Crippen molar-refractivity contribution in [3.05, 3.63) is 47.6 Å². The zero-order chi connectivity index (χ0) is 14.7. The minimum Gasteiger partial charge on any atom is -0.330 e. The number of aryl methyl sites for hydroxylation is 1. The largest absolute Gasteiger partial charge is 0.330 e. The predicted octanol–water partition coefficient (Wildman–Crippen LogP) is 3.49. The minimum atomic E-state index is 0.668. The molecule has 0 radical (unpaired) electrons. The van der Waals surface area contributed by atoms with Gasteiger partial charge in [-0.05, 0) is 49.0 Å². The molecule has 0 atom stereocenters. The van der Waals surface area contributed by atoms with E-state index in [1.807, 2.05) is 6.07 Å². The van der Waals surface area contributed by atoms with Crippen LogP contribution in [0, 0.1) is 6.92 Å². The van der Waals surface area contributed by atoms with Gasteiger partial charge in [0.25, 0.3) is 0 Å². The fraction of sp³-hybridized carbons (Fsp3) is 0.250. The first kappa shape index (κ1) is 14.0. The monoisotopic (exact) mass is 298 g/mol. The summed E-state index contributed by atoms with van der Waals surface area (Å²) in [4.78, 5) is 11.1. The number of hydrogen-bond acceptors (Lipinski definition) is 5. The molecule has 4 nitrogen and oxygen atoms in total. The number of nitrogens with zero attached hydrogens (tertiary/aromatic N) is 3. The molecule has 0 aliphatic rings. The van der Waals surface area contributed by atoms with E-state index in [0.717, 1.165) is 34.7 Å². The van der Waals surface area contributed by atoms with Crippen molar-refractivity contribution in [2.75, 3.05) is 18.0 Å². The molecule has 21 heavy (non-hydrogen) atoms. The summed E-state index contributed by atoms with van der Waals surface area (Å²) in [7, 11) is 0. The van der Waals surface area contributed by atoms with Crippen molar-refractivity contribution in [3.8, 4) is 0 Å². The zero-order valence-electron chi connectivity index (χ0n) is 12.0. The van der Waals surface area contributed by atoms with Crippen molar-refractivity contribution in [2.24, 2.45) is 5.73 Å². The Balaban J connectivity index is 2.08. The second-order valence-electron chi connectivity index (χ2n) is 4.97. The van der Waals surface area contributed by atoms with Crippen LogP contribution in [0.5, 0.6) is 0 Å². The van der Waals surface area contributed by atoms with E-state index >= 15 is 0 Å². The topological polar surface area (TPSA) is 55.0 Å². The molecule has 2 aromatic heterocycles. The Morgan fingerprint density at radius 2 is 2.14 bits per heavy atom. The summed E-state index contributed by atoms with van der Waals surface area (Å²) in [5.41, 5.74) is 9.08.